The van der Waals surface area contributed by atoms with Gasteiger partial charge in [0.25, 0.3) is 6.47 Å². The average Bonchev–Trinajstić information content (AvgIpc) is 2.83. The predicted octanol–water partition coefficient (Wildman–Crippen LogP) is 1.52. The van der Waals surface area contributed by atoms with Gasteiger partial charge in [-0.3, -0.25) is 4.79 Å². The zero-order valence-electron chi connectivity index (χ0n) is 11.3. The second-order valence-electron chi connectivity index (χ2n) is 5.25. The molecule has 0 aliphatic heterocycles. The summed E-state index contributed by atoms with van der Waals surface area (Å²) in [4.78, 5) is 10.6. The number of carbonyl (C=O) groups excluding carboxylic acids is 1. The third kappa shape index (κ3) is 2.29. The van der Waals surface area contributed by atoms with Crippen LogP contribution in [0.4, 0.5) is 0 Å². The third-order valence-electron chi connectivity index (χ3n) is 3.92. The highest BCUT2D eigenvalue weighted by Gasteiger charge is 2.39. The first-order valence-electron chi connectivity index (χ1n) is 6.66. The van der Waals surface area contributed by atoms with Crippen LogP contribution in [0.25, 0.3) is 11.4 Å². The lowest BCUT2D eigenvalue weighted by Gasteiger charge is -2.39. The van der Waals surface area contributed by atoms with E-state index < -0.39 is 0 Å². The summed E-state index contributed by atoms with van der Waals surface area (Å²) in [5.74, 6) is 0.735. The van der Waals surface area contributed by atoms with Gasteiger partial charge >= 0.3 is 0 Å². The van der Waals surface area contributed by atoms with Crippen molar-refractivity contribution in [3.05, 3.63) is 29.8 Å². The molecule has 20 heavy (non-hydrogen) atoms. The molecule has 6 nitrogen and oxygen atoms in total. The number of aryl methyl sites for hydroxylation is 1. The Morgan fingerprint density at radius 3 is 2.60 bits per heavy atom. The van der Waals surface area contributed by atoms with Crippen LogP contribution in [0.2, 0.25) is 0 Å². The molecule has 0 radical (unpaired) electrons. The minimum atomic E-state index is -0.282. The van der Waals surface area contributed by atoms with Crippen molar-refractivity contribution < 1.29 is 9.53 Å². The fourth-order valence-electron chi connectivity index (χ4n) is 2.63. The number of hydrogen-bond acceptors (Lipinski definition) is 5. The molecule has 1 saturated carbocycles. The van der Waals surface area contributed by atoms with Gasteiger partial charge in [0.15, 0.2) is 5.82 Å². The van der Waals surface area contributed by atoms with Gasteiger partial charge in [-0.2, -0.15) is 0 Å². The Labute approximate surface area is 116 Å². The van der Waals surface area contributed by atoms with Crippen LogP contribution < -0.4 is 0 Å². The molecule has 104 valence electrons. The van der Waals surface area contributed by atoms with E-state index in [-0.39, 0.29) is 5.60 Å². The number of rotatable bonds is 5. The summed E-state index contributed by atoms with van der Waals surface area (Å²) in [5, 5.41) is 11.4. The Hall–Kier alpha value is -2.24. The number of carbonyl (C=O) groups is 1. The van der Waals surface area contributed by atoms with Crippen LogP contribution in [0.15, 0.2) is 24.3 Å². The lowest BCUT2D eigenvalue weighted by atomic mass is 9.76. The van der Waals surface area contributed by atoms with Crippen molar-refractivity contribution >= 4 is 6.47 Å². The van der Waals surface area contributed by atoms with E-state index >= 15 is 0 Å². The summed E-state index contributed by atoms with van der Waals surface area (Å²) in [5.41, 5.74) is 1.85. The minimum Gasteiger partial charge on any atom is -0.461 e. The molecular weight excluding hydrogens is 256 g/mol. The molecule has 1 aromatic heterocycles. The van der Waals surface area contributed by atoms with Gasteiger partial charge in [-0.15, -0.1) is 5.10 Å². The van der Waals surface area contributed by atoms with E-state index in [4.69, 9.17) is 4.74 Å². The molecular formula is C14H16N4O2. The molecule has 3 rings (SSSR count). The Morgan fingerprint density at radius 2 is 2.10 bits per heavy atom. The highest BCUT2D eigenvalue weighted by molar-refractivity contribution is 5.55. The highest BCUT2D eigenvalue weighted by atomic mass is 16.5. The summed E-state index contributed by atoms with van der Waals surface area (Å²) in [6.07, 6.45) is 3.78. The van der Waals surface area contributed by atoms with E-state index in [0.717, 1.165) is 42.6 Å². The fraction of sp³-hybridized carbons (Fsp3) is 0.429. The Kier molecular flexibility index (Phi) is 3.22. The zero-order chi connectivity index (χ0) is 14.0. The molecule has 0 N–H and O–H groups in total. The Bertz CT molecular complexity index is 602. The molecule has 0 saturated heterocycles. The summed E-state index contributed by atoms with van der Waals surface area (Å²) < 4.78 is 6.91. The first-order valence-corrected chi connectivity index (χ1v) is 6.66. The number of benzene rings is 1. The molecule has 0 bridgehead atoms. The molecule has 0 spiro atoms. The average molecular weight is 272 g/mol. The number of aromatic nitrogens is 4. The van der Waals surface area contributed by atoms with E-state index in [0.29, 0.717) is 6.47 Å². The molecule has 6 heteroatoms. The second kappa shape index (κ2) is 5.03. The predicted molar refractivity (Wildman–Crippen MR) is 71.7 cm³/mol. The molecule has 0 atom stereocenters. The molecule has 2 aromatic rings. The standard InChI is InChI=1S/C14H16N4O2/c1-18-13(15-16-17-18)12-5-3-11(4-6-12)9-14(20-10-19)7-2-8-14/h3-6,10H,2,7-9H2,1H3. The van der Waals surface area contributed by atoms with Crippen LogP contribution in [0, 0.1) is 0 Å². The topological polar surface area (TPSA) is 69.9 Å². The van der Waals surface area contributed by atoms with E-state index in [1.165, 1.54) is 0 Å². The van der Waals surface area contributed by atoms with Crippen molar-refractivity contribution in [2.75, 3.05) is 0 Å². The molecule has 0 unspecified atom stereocenters. The monoisotopic (exact) mass is 272 g/mol. The maximum absolute atomic E-state index is 10.6. The van der Waals surface area contributed by atoms with Gasteiger partial charge in [-0.05, 0) is 35.3 Å². The Morgan fingerprint density at radius 1 is 1.35 bits per heavy atom. The lowest BCUT2D eigenvalue weighted by molar-refractivity contribution is -0.152. The third-order valence-corrected chi connectivity index (χ3v) is 3.92. The van der Waals surface area contributed by atoms with E-state index in [1.807, 2.05) is 31.3 Å². The van der Waals surface area contributed by atoms with Crippen LogP contribution in [-0.2, 0) is 23.0 Å². The van der Waals surface area contributed by atoms with Crippen molar-refractivity contribution in [3.8, 4) is 11.4 Å². The highest BCUT2D eigenvalue weighted by Crippen LogP contribution is 2.38. The van der Waals surface area contributed by atoms with Crippen molar-refractivity contribution in [2.24, 2.45) is 7.05 Å². The summed E-state index contributed by atoms with van der Waals surface area (Å²) in [7, 11) is 1.81. The van der Waals surface area contributed by atoms with Gasteiger partial charge in [0.05, 0.1) is 0 Å². The first-order chi connectivity index (χ1) is 9.72. The summed E-state index contributed by atoms with van der Waals surface area (Å²) >= 11 is 0. The minimum absolute atomic E-state index is 0.282. The zero-order valence-corrected chi connectivity index (χ0v) is 11.3. The van der Waals surface area contributed by atoms with E-state index in [1.54, 1.807) is 4.68 Å². The molecule has 1 fully saturated rings. The van der Waals surface area contributed by atoms with Crippen LogP contribution in [0.3, 0.4) is 0 Å². The maximum Gasteiger partial charge on any atom is 0.293 e. The van der Waals surface area contributed by atoms with Crippen LogP contribution in [0.1, 0.15) is 24.8 Å². The first kappa shape index (κ1) is 12.8. The van der Waals surface area contributed by atoms with Crippen molar-refractivity contribution in [1.82, 2.24) is 20.2 Å². The number of nitrogens with zero attached hydrogens (tertiary/aromatic N) is 4. The summed E-state index contributed by atoms with van der Waals surface area (Å²) in [6, 6.07) is 8.07. The molecule has 1 aliphatic rings. The SMILES string of the molecule is Cn1nnnc1-c1ccc(CC2(OC=O)CCC2)cc1. The molecule has 1 heterocycles. The van der Waals surface area contributed by atoms with E-state index in [9.17, 15) is 4.79 Å². The van der Waals surface area contributed by atoms with Crippen LogP contribution in [-0.4, -0.2) is 32.3 Å². The molecule has 1 aliphatic carbocycles. The van der Waals surface area contributed by atoms with Gasteiger partial charge in [0.1, 0.15) is 5.60 Å². The van der Waals surface area contributed by atoms with Crippen molar-refractivity contribution in [2.45, 2.75) is 31.3 Å². The van der Waals surface area contributed by atoms with Gasteiger partial charge < -0.3 is 4.74 Å². The van der Waals surface area contributed by atoms with Gasteiger partial charge in [-0.25, -0.2) is 4.68 Å². The van der Waals surface area contributed by atoms with Crippen LogP contribution in [0.5, 0.6) is 0 Å². The largest absolute Gasteiger partial charge is 0.461 e. The second-order valence-corrected chi connectivity index (χ2v) is 5.25. The molecule has 0 amide bonds. The number of hydrogen-bond donors (Lipinski definition) is 0. The Balaban J connectivity index is 1.76. The van der Waals surface area contributed by atoms with Crippen molar-refractivity contribution in [3.63, 3.8) is 0 Å². The quantitative estimate of drug-likeness (QED) is 0.772. The van der Waals surface area contributed by atoms with E-state index in [2.05, 4.69) is 15.5 Å². The van der Waals surface area contributed by atoms with Gasteiger partial charge in [-0.1, -0.05) is 24.3 Å². The smallest absolute Gasteiger partial charge is 0.293 e. The van der Waals surface area contributed by atoms with Gasteiger partial charge in [0.2, 0.25) is 0 Å². The maximum atomic E-state index is 10.6. The van der Waals surface area contributed by atoms with Crippen LogP contribution >= 0.6 is 0 Å². The van der Waals surface area contributed by atoms with Crippen molar-refractivity contribution in [1.29, 1.82) is 0 Å². The fourth-order valence-corrected chi connectivity index (χ4v) is 2.63. The summed E-state index contributed by atoms with van der Waals surface area (Å²) in [6.45, 7) is 0.568. The lowest BCUT2D eigenvalue weighted by Crippen LogP contribution is -2.41. The number of tetrazole rings is 1. The molecule has 1 aromatic carbocycles. The normalized spacial score (nSPS) is 16.4. The number of ether oxygens (including phenoxy) is 1. The van der Waals surface area contributed by atoms with Gasteiger partial charge in [0, 0.05) is 19.0 Å².